The van der Waals surface area contributed by atoms with E-state index in [1.807, 2.05) is 0 Å². The number of rotatable bonds is 8. The van der Waals surface area contributed by atoms with Gasteiger partial charge in [-0.05, 0) is 38.3 Å². The maximum absolute atomic E-state index is 13.1. The molecular weight excluding hydrogens is 391 g/mol. The number of aromatic nitrogens is 1. The topological polar surface area (TPSA) is 85.7 Å². The summed E-state index contributed by atoms with van der Waals surface area (Å²) < 4.78 is 49.6. The largest absolute Gasteiger partial charge is 0.511 e. The van der Waals surface area contributed by atoms with Crippen LogP contribution < -0.4 is 0 Å². The van der Waals surface area contributed by atoms with Crippen molar-refractivity contribution in [3.05, 3.63) is 40.4 Å². The molecule has 2 aliphatic carbocycles. The van der Waals surface area contributed by atoms with Gasteiger partial charge in [0.15, 0.2) is 5.78 Å². The van der Waals surface area contributed by atoms with Gasteiger partial charge in [0.2, 0.25) is 5.78 Å². The number of alkyl halides is 3. The lowest BCUT2D eigenvalue weighted by atomic mass is 9.83. The average molecular weight is 413 g/mol. The lowest BCUT2D eigenvalue weighted by Gasteiger charge is -2.21. The third kappa shape index (κ3) is 4.51. The summed E-state index contributed by atoms with van der Waals surface area (Å²) >= 11 is 0. The summed E-state index contributed by atoms with van der Waals surface area (Å²) in [6, 6.07) is 1.68. The second kappa shape index (κ2) is 8.62. The Kier molecular flexibility index (Phi) is 6.38. The van der Waals surface area contributed by atoms with Gasteiger partial charge in [-0.15, -0.1) is 0 Å². The molecule has 1 aromatic rings. The minimum atomic E-state index is -4.69. The smallest absolute Gasteiger partial charge is 0.433 e. The molecule has 0 aromatic carbocycles. The number of fused-ring (bicyclic) bond motifs is 2. The van der Waals surface area contributed by atoms with E-state index in [-0.39, 0.29) is 54.2 Å². The number of pyridine rings is 1. The van der Waals surface area contributed by atoms with Crippen molar-refractivity contribution in [2.24, 2.45) is 11.8 Å². The predicted octanol–water partition coefficient (Wildman–Crippen LogP) is 3.65. The maximum atomic E-state index is 13.1. The van der Waals surface area contributed by atoms with Crippen LogP contribution in [-0.2, 0) is 27.1 Å². The van der Waals surface area contributed by atoms with Gasteiger partial charge in [0.25, 0.3) is 0 Å². The van der Waals surface area contributed by atoms with Gasteiger partial charge in [0, 0.05) is 24.0 Å². The Labute approximate surface area is 165 Å². The number of ketones is 2. The van der Waals surface area contributed by atoms with Gasteiger partial charge in [0.05, 0.1) is 25.5 Å². The highest BCUT2D eigenvalue weighted by Gasteiger charge is 2.44. The maximum Gasteiger partial charge on any atom is 0.433 e. The molecule has 2 unspecified atom stereocenters. The zero-order chi connectivity index (χ0) is 21.2. The van der Waals surface area contributed by atoms with Gasteiger partial charge in [-0.25, -0.2) is 4.98 Å². The fraction of sp³-hybridized carbons (Fsp3) is 0.550. The summed E-state index contributed by atoms with van der Waals surface area (Å²) in [7, 11) is 0. The number of nitrogens with zero attached hydrogens (tertiary/aromatic N) is 1. The van der Waals surface area contributed by atoms with Crippen LogP contribution in [0.5, 0.6) is 0 Å². The first-order valence-electron chi connectivity index (χ1n) is 9.48. The van der Waals surface area contributed by atoms with Gasteiger partial charge >= 0.3 is 6.18 Å². The summed E-state index contributed by atoms with van der Waals surface area (Å²) in [5.74, 6) is -2.12. The summed E-state index contributed by atoms with van der Waals surface area (Å²) in [6.45, 7) is 2.25. The molecule has 1 heterocycles. The van der Waals surface area contributed by atoms with Crippen molar-refractivity contribution in [1.82, 2.24) is 4.98 Å². The van der Waals surface area contributed by atoms with Crippen LogP contribution in [0.15, 0.2) is 23.5 Å². The van der Waals surface area contributed by atoms with Gasteiger partial charge in [0.1, 0.15) is 17.0 Å². The minimum absolute atomic E-state index is 0.108. The molecular formula is C20H22F3NO5. The molecule has 0 amide bonds. The second-order valence-corrected chi connectivity index (χ2v) is 7.10. The molecule has 1 fully saturated rings. The lowest BCUT2D eigenvalue weighted by molar-refractivity contribution is -0.141. The van der Waals surface area contributed by atoms with E-state index >= 15 is 0 Å². The minimum Gasteiger partial charge on any atom is -0.511 e. The van der Waals surface area contributed by atoms with Crippen molar-refractivity contribution in [3.8, 4) is 0 Å². The normalized spacial score (nSPS) is 21.7. The average Bonchev–Trinajstić information content (AvgIpc) is 3.13. The van der Waals surface area contributed by atoms with E-state index in [1.165, 1.54) is 0 Å². The van der Waals surface area contributed by atoms with E-state index in [0.29, 0.717) is 31.9 Å². The van der Waals surface area contributed by atoms with Crippen molar-refractivity contribution >= 4 is 11.6 Å². The highest BCUT2D eigenvalue weighted by Crippen LogP contribution is 2.43. The highest BCUT2D eigenvalue weighted by molar-refractivity contribution is 6.28. The number of aliphatic hydroxyl groups is 1. The van der Waals surface area contributed by atoms with Gasteiger partial charge in [-0.2, -0.15) is 13.2 Å². The first kappa shape index (κ1) is 21.4. The molecule has 1 N–H and O–H groups in total. The third-order valence-electron chi connectivity index (χ3n) is 5.24. The van der Waals surface area contributed by atoms with Crippen LogP contribution in [0.25, 0.3) is 0 Å². The molecule has 2 bridgehead atoms. The number of hydrogen-bond donors (Lipinski definition) is 1. The van der Waals surface area contributed by atoms with Crippen LogP contribution >= 0.6 is 0 Å². The number of carbonyl (C=O) groups is 2. The Morgan fingerprint density at radius 3 is 2.59 bits per heavy atom. The number of ether oxygens (including phenoxy) is 2. The van der Waals surface area contributed by atoms with E-state index in [0.717, 1.165) is 6.07 Å². The van der Waals surface area contributed by atoms with Crippen LogP contribution in [0.2, 0.25) is 0 Å². The Morgan fingerprint density at radius 1 is 1.21 bits per heavy atom. The van der Waals surface area contributed by atoms with E-state index in [4.69, 9.17) is 9.47 Å². The quantitative estimate of drug-likeness (QED) is 0.398. The van der Waals surface area contributed by atoms with Crippen molar-refractivity contribution < 1.29 is 37.3 Å². The van der Waals surface area contributed by atoms with E-state index < -0.39 is 23.4 Å². The molecule has 29 heavy (non-hydrogen) atoms. The van der Waals surface area contributed by atoms with Gasteiger partial charge in [-0.3, -0.25) is 9.59 Å². The van der Waals surface area contributed by atoms with Crippen LogP contribution in [0.1, 0.15) is 47.9 Å². The van der Waals surface area contributed by atoms with Crippen LogP contribution in [0, 0.1) is 11.8 Å². The number of aliphatic hydroxyl groups excluding tert-OH is 1. The summed E-state index contributed by atoms with van der Waals surface area (Å²) in [4.78, 5) is 29.2. The standard InChI is InChI=1S/C20H22F3NO5/c1-2-28-7-8-29-10-14-13(5-6-15(24-14)20(21,22)23)19(27)16-17(25)11-3-4-12(9-11)18(16)26/h5-6,11-12,25H,2-4,7-10H2,1H3. The summed E-state index contributed by atoms with van der Waals surface area (Å²) in [5.41, 5.74) is -1.90. The van der Waals surface area contributed by atoms with E-state index in [9.17, 15) is 27.9 Å². The van der Waals surface area contributed by atoms with Crippen molar-refractivity contribution in [2.45, 2.75) is 39.0 Å². The van der Waals surface area contributed by atoms with Gasteiger partial charge in [-0.1, -0.05) is 0 Å². The monoisotopic (exact) mass is 413 g/mol. The first-order chi connectivity index (χ1) is 13.7. The zero-order valence-corrected chi connectivity index (χ0v) is 15.9. The fourth-order valence-electron chi connectivity index (χ4n) is 3.77. The van der Waals surface area contributed by atoms with Crippen molar-refractivity contribution in [1.29, 1.82) is 0 Å². The number of carbonyl (C=O) groups excluding carboxylic acids is 2. The molecule has 158 valence electrons. The van der Waals surface area contributed by atoms with Gasteiger partial charge < -0.3 is 14.6 Å². The Balaban J connectivity index is 1.91. The molecule has 1 saturated carbocycles. The molecule has 3 rings (SSSR count). The zero-order valence-electron chi connectivity index (χ0n) is 15.9. The van der Waals surface area contributed by atoms with Crippen LogP contribution in [0.4, 0.5) is 13.2 Å². The number of hydrogen-bond acceptors (Lipinski definition) is 6. The van der Waals surface area contributed by atoms with Crippen LogP contribution in [-0.4, -0.2) is 41.5 Å². The Morgan fingerprint density at radius 2 is 1.90 bits per heavy atom. The lowest BCUT2D eigenvalue weighted by Crippen LogP contribution is -2.28. The van der Waals surface area contributed by atoms with Crippen molar-refractivity contribution in [3.63, 3.8) is 0 Å². The Hall–Kier alpha value is -2.26. The molecule has 6 nitrogen and oxygen atoms in total. The molecule has 0 saturated heterocycles. The van der Waals surface area contributed by atoms with Crippen molar-refractivity contribution in [2.75, 3.05) is 19.8 Å². The predicted molar refractivity (Wildman–Crippen MR) is 95.2 cm³/mol. The first-order valence-corrected chi connectivity index (χ1v) is 9.48. The molecule has 0 spiro atoms. The van der Waals surface area contributed by atoms with E-state index in [1.54, 1.807) is 6.92 Å². The van der Waals surface area contributed by atoms with E-state index in [2.05, 4.69) is 4.98 Å². The molecule has 2 aliphatic rings. The number of Topliss-reactive ketones (excluding diaryl/α,β-unsaturated/α-hetero) is 2. The molecule has 9 heteroatoms. The third-order valence-corrected chi connectivity index (χ3v) is 5.24. The molecule has 2 atom stereocenters. The summed E-state index contributed by atoms with van der Waals surface area (Å²) in [6.07, 6.45) is -3.00. The number of halogens is 3. The summed E-state index contributed by atoms with van der Waals surface area (Å²) in [5, 5.41) is 10.4. The molecule has 1 aromatic heterocycles. The second-order valence-electron chi connectivity index (χ2n) is 7.10. The molecule has 0 radical (unpaired) electrons. The fourth-order valence-corrected chi connectivity index (χ4v) is 3.77. The SMILES string of the molecule is CCOCCOCc1nc(C(F)(F)F)ccc1C(=O)C1=C(O)C2CCC(C2)C1=O. The number of allylic oxidation sites excluding steroid dienone is 2. The Bertz CT molecular complexity index is 834. The molecule has 0 aliphatic heterocycles. The van der Waals surface area contributed by atoms with Crippen LogP contribution in [0.3, 0.4) is 0 Å². The highest BCUT2D eigenvalue weighted by atomic mass is 19.4.